The number of carbonyl (C=O) groups is 1. The van der Waals surface area contributed by atoms with Gasteiger partial charge in [0.05, 0.1) is 11.9 Å². The maximum Gasteiger partial charge on any atom is 0.230 e. The van der Waals surface area contributed by atoms with Gasteiger partial charge in [-0.3, -0.25) is 9.89 Å². The lowest BCUT2D eigenvalue weighted by atomic mass is 9.87. The van der Waals surface area contributed by atoms with Crippen molar-refractivity contribution in [2.75, 3.05) is 18.9 Å². The van der Waals surface area contributed by atoms with Gasteiger partial charge in [-0.05, 0) is 31.0 Å². The molecule has 2 rings (SSSR count). The molecular formula is C13H21N3O2S3. The van der Waals surface area contributed by atoms with Gasteiger partial charge in [0.25, 0.3) is 0 Å². The van der Waals surface area contributed by atoms with Gasteiger partial charge < -0.3 is 10.1 Å². The lowest BCUT2D eigenvalue weighted by Gasteiger charge is -2.34. The van der Waals surface area contributed by atoms with Crippen molar-refractivity contribution >= 4 is 41.2 Å². The van der Waals surface area contributed by atoms with Crippen molar-refractivity contribution in [3.63, 3.8) is 0 Å². The molecule has 1 saturated heterocycles. The average molecular weight is 348 g/mol. The number of nitrogens with one attached hydrogen (secondary N) is 2. The second kappa shape index (κ2) is 8.26. The molecule has 1 aromatic rings. The van der Waals surface area contributed by atoms with Crippen molar-refractivity contribution < 1.29 is 9.53 Å². The van der Waals surface area contributed by atoms with E-state index in [4.69, 9.17) is 17.0 Å². The molecule has 1 fully saturated rings. The first kappa shape index (κ1) is 16.9. The summed E-state index contributed by atoms with van der Waals surface area (Å²) in [7, 11) is 0. The summed E-state index contributed by atoms with van der Waals surface area (Å²) in [4.78, 5) is 11.9. The normalized spacial score (nSPS) is 22.4. The van der Waals surface area contributed by atoms with E-state index in [0.717, 1.165) is 23.8 Å². The number of hydrogen-bond donors (Lipinski definition) is 2. The lowest BCUT2D eigenvalue weighted by Crippen LogP contribution is -2.41. The van der Waals surface area contributed by atoms with E-state index in [9.17, 15) is 4.79 Å². The highest BCUT2D eigenvalue weighted by atomic mass is 32.2. The standard InChI is InChI=1S/C13H21N3O2S3/c1-8(2)11-9(4-3-5-18-11)6-14-10(17)7-20-13-16-15-12(19)21-13/h8-9,11H,3-7H2,1-2H3,(H,14,17)(H,15,19)/t9-,11-/m0/s1. The van der Waals surface area contributed by atoms with Gasteiger partial charge in [-0.15, -0.1) is 0 Å². The average Bonchev–Trinajstić information content (AvgIpc) is 2.88. The largest absolute Gasteiger partial charge is 0.378 e. The topological polar surface area (TPSA) is 67.0 Å². The molecule has 0 spiro atoms. The maximum atomic E-state index is 11.9. The van der Waals surface area contributed by atoms with Crippen molar-refractivity contribution in [3.05, 3.63) is 3.95 Å². The fourth-order valence-corrected chi connectivity index (χ4v) is 4.43. The van der Waals surface area contributed by atoms with E-state index in [2.05, 4.69) is 29.4 Å². The van der Waals surface area contributed by atoms with Gasteiger partial charge in [0.15, 0.2) is 8.29 Å². The van der Waals surface area contributed by atoms with Crippen LogP contribution in [0.2, 0.25) is 0 Å². The number of thioether (sulfide) groups is 1. The molecule has 1 aliphatic heterocycles. The minimum Gasteiger partial charge on any atom is -0.378 e. The Balaban J connectivity index is 1.73. The van der Waals surface area contributed by atoms with E-state index in [1.165, 1.54) is 23.1 Å². The van der Waals surface area contributed by atoms with Crippen LogP contribution in [0.4, 0.5) is 0 Å². The molecule has 0 saturated carbocycles. The van der Waals surface area contributed by atoms with Crippen molar-refractivity contribution in [2.45, 2.75) is 37.1 Å². The number of aromatic nitrogens is 2. The van der Waals surface area contributed by atoms with Gasteiger partial charge in [0.1, 0.15) is 0 Å². The summed E-state index contributed by atoms with van der Waals surface area (Å²) in [5, 5.41) is 9.75. The monoisotopic (exact) mass is 347 g/mol. The fourth-order valence-electron chi connectivity index (χ4n) is 2.52. The van der Waals surface area contributed by atoms with Crippen LogP contribution in [0, 0.1) is 15.8 Å². The molecule has 5 nitrogen and oxygen atoms in total. The van der Waals surface area contributed by atoms with Crippen molar-refractivity contribution in [2.24, 2.45) is 11.8 Å². The minimum atomic E-state index is 0.0363. The summed E-state index contributed by atoms with van der Waals surface area (Å²) in [6.45, 7) is 5.88. The molecule has 118 valence electrons. The quantitative estimate of drug-likeness (QED) is 0.612. The fraction of sp³-hybridized carbons (Fsp3) is 0.769. The number of hydrogen-bond acceptors (Lipinski definition) is 6. The highest BCUT2D eigenvalue weighted by Crippen LogP contribution is 2.26. The molecule has 21 heavy (non-hydrogen) atoms. The van der Waals surface area contributed by atoms with Gasteiger partial charge in [-0.1, -0.05) is 36.9 Å². The summed E-state index contributed by atoms with van der Waals surface area (Å²) in [6.07, 6.45) is 2.45. The number of ether oxygens (including phenoxy) is 1. The summed E-state index contributed by atoms with van der Waals surface area (Å²) in [6, 6.07) is 0. The molecule has 1 amide bonds. The SMILES string of the molecule is CC(C)[C@@H]1OCCC[C@H]1CNC(=O)CSc1n[nH]c(=S)s1. The Bertz CT molecular complexity index is 515. The van der Waals surface area contributed by atoms with Crippen LogP contribution in [0.15, 0.2) is 4.34 Å². The molecule has 2 atom stereocenters. The van der Waals surface area contributed by atoms with E-state index in [0.29, 0.717) is 28.1 Å². The zero-order valence-corrected chi connectivity index (χ0v) is 14.7. The van der Waals surface area contributed by atoms with Crippen LogP contribution in [-0.4, -0.2) is 41.1 Å². The molecule has 0 bridgehead atoms. The number of nitrogens with zero attached hydrogens (tertiary/aromatic N) is 1. The Kier molecular flexibility index (Phi) is 6.66. The third-order valence-corrected chi connectivity index (χ3v) is 5.69. The Hall–Kier alpha value is -0.440. The molecule has 0 aliphatic carbocycles. The predicted octanol–water partition coefficient (Wildman–Crippen LogP) is 2.86. The van der Waals surface area contributed by atoms with Crippen LogP contribution in [0.5, 0.6) is 0 Å². The summed E-state index contributed by atoms with van der Waals surface area (Å²) >= 11 is 7.76. The molecule has 2 N–H and O–H groups in total. The Labute approximate surface area is 138 Å². The van der Waals surface area contributed by atoms with E-state index in [-0.39, 0.29) is 12.0 Å². The number of amides is 1. The van der Waals surface area contributed by atoms with Crippen LogP contribution in [0.1, 0.15) is 26.7 Å². The molecular weight excluding hydrogens is 326 g/mol. The lowest BCUT2D eigenvalue weighted by molar-refractivity contribution is -0.119. The van der Waals surface area contributed by atoms with E-state index >= 15 is 0 Å². The summed E-state index contributed by atoms with van der Waals surface area (Å²) in [5.74, 6) is 1.31. The first-order chi connectivity index (χ1) is 10.1. The highest BCUT2D eigenvalue weighted by Gasteiger charge is 2.28. The van der Waals surface area contributed by atoms with Crippen LogP contribution >= 0.6 is 35.3 Å². The number of carbonyl (C=O) groups excluding carboxylic acids is 1. The van der Waals surface area contributed by atoms with E-state index < -0.39 is 0 Å². The van der Waals surface area contributed by atoms with E-state index in [1.807, 2.05) is 0 Å². The van der Waals surface area contributed by atoms with Gasteiger partial charge in [0.2, 0.25) is 5.91 Å². The zero-order valence-electron chi connectivity index (χ0n) is 12.3. The van der Waals surface area contributed by atoms with Gasteiger partial charge in [0, 0.05) is 19.1 Å². The van der Waals surface area contributed by atoms with Crippen LogP contribution in [-0.2, 0) is 9.53 Å². The Morgan fingerprint density at radius 2 is 2.48 bits per heavy atom. The Morgan fingerprint density at radius 3 is 3.14 bits per heavy atom. The maximum absolute atomic E-state index is 11.9. The highest BCUT2D eigenvalue weighted by molar-refractivity contribution is 8.01. The summed E-state index contributed by atoms with van der Waals surface area (Å²) in [5.41, 5.74) is 0. The molecule has 1 aliphatic rings. The third kappa shape index (κ3) is 5.36. The minimum absolute atomic E-state index is 0.0363. The molecule has 8 heteroatoms. The van der Waals surface area contributed by atoms with Gasteiger partial charge in [-0.25, -0.2) is 0 Å². The molecule has 0 radical (unpaired) electrons. The van der Waals surface area contributed by atoms with Crippen LogP contribution in [0.25, 0.3) is 0 Å². The number of H-pyrrole nitrogens is 1. The van der Waals surface area contributed by atoms with Gasteiger partial charge >= 0.3 is 0 Å². The number of aromatic amines is 1. The predicted molar refractivity (Wildman–Crippen MR) is 88.3 cm³/mol. The summed E-state index contributed by atoms with van der Waals surface area (Å²) < 4.78 is 7.27. The van der Waals surface area contributed by atoms with E-state index in [1.54, 1.807) is 0 Å². The molecule has 0 unspecified atom stereocenters. The third-order valence-electron chi connectivity index (χ3n) is 3.46. The van der Waals surface area contributed by atoms with Crippen molar-refractivity contribution in [1.29, 1.82) is 0 Å². The molecule has 2 heterocycles. The smallest absolute Gasteiger partial charge is 0.230 e. The van der Waals surface area contributed by atoms with Gasteiger partial charge in [-0.2, -0.15) is 5.10 Å². The van der Waals surface area contributed by atoms with Crippen molar-refractivity contribution in [1.82, 2.24) is 15.5 Å². The molecule has 0 aromatic carbocycles. The first-order valence-corrected chi connectivity index (χ1v) is 9.34. The van der Waals surface area contributed by atoms with Crippen LogP contribution < -0.4 is 5.32 Å². The second-order valence-electron chi connectivity index (χ2n) is 5.45. The second-order valence-corrected chi connectivity index (χ2v) is 8.34. The Morgan fingerprint density at radius 1 is 1.67 bits per heavy atom. The molecule has 1 aromatic heterocycles. The van der Waals surface area contributed by atoms with Crippen LogP contribution in [0.3, 0.4) is 0 Å². The number of rotatable bonds is 6. The zero-order chi connectivity index (χ0) is 15.2. The van der Waals surface area contributed by atoms with Crippen molar-refractivity contribution in [3.8, 4) is 0 Å². The first-order valence-electron chi connectivity index (χ1n) is 7.13.